The molecule has 1 saturated carbocycles. The Labute approximate surface area is 166 Å². The van der Waals surface area contributed by atoms with Crippen molar-refractivity contribution in [2.45, 2.75) is 64.6 Å². The van der Waals surface area contributed by atoms with Gasteiger partial charge in [-0.3, -0.25) is 9.89 Å². The Morgan fingerprint density at radius 2 is 2.04 bits per heavy atom. The minimum Gasteiger partial charge on any atom is -0.352 e. The Morgan fingerprint density at radius 3 is 2.67 bits per heavy atom. The Morgan fingerprint density at radius 1 is 1.29 bits per heavy atom. The standard InChI is InChI=1S/C17H29N5S.HI/c1-12-16(23-13(2)20-12)10-19-17(18-3)21-14-8-9-22(11-14)15-6-4-5-7-15;/h14-15H,4-11H2,1-3H3,(H2,18,19,21);1H. The van der Waals surface area contributed by atoms with E-state index < -0.39 is 0 Å². The van der Waals surface area contributed by atoms with Gasteiger partial charge in [0.25, 0.3) is 0 Å². The minimum atomic E-state index is 0. The fourth-order valence-electron chi connectivity index (χ4n) is 3.80. The lowest BCUT2D eigenvalue weighted by atomic mass is 10.2. The summed E-state index contributed by atoms with van der Waals surface area (Å²) in [7, 11) is 1.85. The number of nitrogens with zero attached hydrogens (tertiary/aromatic N) is 3. The van der Waals surface area contributed by atoms with Crippen LogP contribution in [-0.2, 0) is 6.54 Å². The summed E-state index contributed by atoms with van der Waals surface area (Å²) >= 11 is 1.76. The van der Waals surface area contributed by atoms with E-state index in [0.717, 1.165) is 35.8 Å². The van der Waals surface area contributed by atoms with E-state index in [2.05, 4.69) is 39.4 Å². The highest BCUT2D eigenvalue weighted by atomic mass is 127. The lowest BCUT2D eigenvalue weighted by molar-refractivity contribution is 0.242. The Balaban J connectivity index is 0.00000208. The fraction of sp³-hybridized carbons (Fsp3) is 0.765. The summed E-state index contributed by atoms with van der Waals surface area (Å²) in [4.78, 5) is 12.8. The number of thiazole rings is 1. The van der Waals surface area contributed by atoms with Crippen molar-refractivity contribution in [2.24, 2.45) is 4.99 Å². The molecular weight excluding hydrogens is 433 g/mol. The van der Waals surface area contributed by atoms with Crippen LogP contribution in [0, 0.1) is 13.8 Å². The second-order valence-electron chi connectivity index (χ2n) is 6.73. The number of aromatic nitrogens is 1. The molecule has 1 aromatic rings. The number of likely N-dealkylation sites (tertiary alicyclic amines) is 1. The second-order valence-corrected chi connectivity index (χ2v) is 8.02. The maximum Gasteiger partial charge on any atom is 0.191 e. The van der Waals surface area contributed by atoms with Crippen LogP contribution in [0.1, 0.15) is 47.7 Å². The maximum absolute atomic E-state index is 4.48. The average molecular weight is 463 g/mol. The third kappa shape index (κ3) is 5.05. The van der Waals surface area contributed by atoms with Gasteiger partial charge in [0, 0.05) is 37.1 Å². The van der Waals surface area contributed by atoms with E-state index in [1.54, 1.807) is 11.3 Å². The molecule has 136 valence electrons. The minimum absolute atomic E-state index is 0. The summed E-state index contributed by atoms with van der Waals surface area (Å²) in [5.41, 5.74) is 1.13. The number of aryl methyl sites for hydroxylation is 2. The maximum atomic E-state index is 4.48. The highest BCUT2D eigenvalue weighted by Gasteiger charge is 2.30. The number of hydrogen-bond acceptors (Lipinski definition) is 4. The molecule has 0 aromatic carbocycles. The highest BCUT2D eigenvalue weighted by molar-refractivity contribution is 14.0. The number of nitrogens with one attached hydrogen (secondary N) is 2. The second kappa shape index (κ2) is 9.33. The summed E-state index contributed by atoms with van der Waals surface area (Å²) < 4.78 is 0. The van der Waals surface area contributed by atoms with Gasteiger partial charge in [0.1, 0.15) is 0 Å². The van der Waals surface area contributed by atoms with Gasteiger partial charge in [-0.1, -0.05) is 12.8 Å². The van der Waals surface area contributed by atoms with Gasteiger partial charge >= 0.3 is 0 Å². The number of guanidine groups is 1. The van der Waals surface area contributed by atoms with Crippen molar-refractivity contribution in [2.75, 3.05) is 20.1 Å². The van der Waals surface area contributed by atoms with Crippen molar-refractivity contribution in [1.29, 1.82) is 0 Å². The van der Waals surface area contributed by atoms with Crippen LogP contribution in [0.2, 0.25) is 0 Å². The number of aliphatic imine (C=N–C) groups is 1. The van der Waals surface area contributed by atoms with Crippen LogP contribution in [0.5, 0.6) is 0 Å². The molecule has 2 heterocycles. The van der Waals surface area contributed by atoms with Crippen molar-refractivity contribution in [1.82, 2.24) is 20.5 Å². The Hall–Kier alpha value is -0.410. The van der Waals surface area contributed by atoms with Crippen LogP contribution >= 0.6 is 35.3 Å². The van der Waals surface area contributed by atoms with Crippen molar-refractivity contribution in [3.8, 4) is 0 Å². The topological polar surface area (TPSA) is 52.6 Å². The molecule has 0 radical (unpaired) electrons. The monoisotopic (exact) mass is 463 g/mol. The quantitative estimate of drug-likeness (QED) is 0.410. The van der Waals surface area contributed by atoms with Gasteiger partial charge in [-0.05, 0) is 33.1 Å². The molecule has 0 amide bonds. The van der Waals surface area contributed by atoms with E-state index in [1.807, 2.05) is 7.05 Å². The van der Waals surface area contributed by atoms with E-state index in [0.29, 0.717) is 6.04 Å². The zero-order chi connectivity index (χ0) is 16.2. The largest absolute Gasteiger partial charge is 0.352 e. The predicted molar refractivity (Wildman–Crippen MR) is 113 cm³/mol. The Bertz CT molecular complexity index is 553. The first-order valence-electron chi connectivity index (χ1n) is 8.80. The smallest absolute Gasteiger partial charge is 0.191 e. The van der Waals surface area contributed by atoms with Gasteiger partial charge < -0.3 is 10.6 Å². The lowest BCUT2D eigenvalue weighted by Crippen LogP contribution is -2.45. The number of halogens is 1. The van der Waals surface area contributed by atoms with E-state index >= 15 is 0 Å². The SMILES string of the molecule is CN=C(NCc1sc(C)nc1C)NC1CCN(C2CCCC2)C1.I. The van der Waals surface area contributed by atoms with Crippen molar-refractivity contribution >= 4 is 41.3 Å². The molecular formula is C17H30IN5S. The van der Waals surface area contributed by atoms with Crippen molar-refractivity contribution in [3.63, 3.8) is 0 Å². The number of hydrogen-bond donors (Lipinski definition) is 2. The third-order valence-corrected chi connectivity index (χ3v) is 6.11. The molecule has 7 heteroatoms. The number of rotatable bonds is 4. The highest BCUT2D eigenvalue weighted by Crippen LogP contribution is 2.26. The van der Waals surface area contributed by atoms with Gasteiger partial charge in [-0.15, -0.1) is 35.3 Å². The molecule has 1 unspecified atom stereocenters. The average Bonchev–Trinajstić information content (AvgIpc) is 3.24. The van der Waals surface area contributed by atoms with Crippen molar-refractivity contribution < 1.29 is 0 Å². The van der Waals surface area contributed by atoms with E-state index in [-0.39, 0.29) is 24.0 Å². The van der Waals surface area contributed by atoms with Gasteiger partial charge in [0.2, 0.25) is 0 Å². The molecule has 24 heavy (non-hydrogen) atoms. The first kappa shape index (κ1) is 19.9. The summed E-state index contributed by atoms with van der Waals surface area (Å²) in [6, 6.07) is 1.35. The zero-order valence-corrected chi connectivity index (χ0v) is 18.1. The van der Waals surface area contributed by atoms with Crippen LogP contribution < -0.4 is 10.6 Å². The molecule has 0 bridgehead atoms. The van der Waals surface area contributed by atoms with Gasteiger partial charge in [0.05, 0.1) is 17.2 Å². The van der Waals surface area contributed by atoms with Crippen LogP contribution in [0.25, 0.3) is 0 Å². The van der Waals surface area contributed by atoms with Gasteiger partial charge in [0.15, 0.2) is 5.96 Å². The van der Waals surface area contributed by atoms with Crippen LogP contribution in [0.3, 0.4) is 0 Å². The normalized spacial score (nSPS) is 22.6. The molecule has 1 saturated heterocycles. The van der Waals surface area contributed by atoms with Crippen molar-refractivity contribution in [3.05, 3.63) is 15.6 Å². The van der Waals surface area contributed by atoms with Crippen LogP contribution in [0.4, 0.5) is 0 Å². The molecule has 1 aliphatic carbocycles. The van der Waals surface area contributed by atoms with Crippen LogP contribution in [-0.4, -0.2) is 48.1 Å². The van der Waals surface area contributed by atoms with E-state index in [1.165, 1.54) is 43.5 Å². The molecule has 2 fully saturated rings. The van der Waals surface area contributed by atoms with Gasteiger partial charge in [-0.2, -0.15) is 0 Å². The van der Waals surface area contributed by atoms with E-state index in [9.17, 15) is 0 Å². The molecule has 5 nitrogen and oxygen atoms in total. The molecule has 1 atom stereocenters. The third-order valence-electron chi connectivity index (χ3n) is 5.04. The lowest BCUT2D eigenvalue weighted by Gasteiger charge is -2.24. The summed E-state index contributed by atoms with van der Waals surface area (Å²) in [6.45, 7) is 7.32. The Kier molecular flexibility index (Phi) is 7.74. The molecule has 2 N–H and O–H groups in total. The summed E-state index contributed by atoms with van der Waals surface area (Å²) in [6.07, 6.45) is 6.83. The summed E-state index contributed by atoms with van der Waals surface area (Å²) in [5.74, 6) is 0.911. The molecule has 1 aliphatic heterocycles. The predicted octanol–water partition coefficient (Wildman–Crippen LogP) is 3.06. The van der Waals surface area contributed by atoms with E-state index in [4.69, 9.17) is 0 Å². The molecule has 3 rings (SSSR count). The molecule has 2 aliphatic rings. The molecule has 0 spiro atoms. The first-order valence-corrected chi connectivity index (χ1v) is 9.61. The van der Waals surface area contributed by atoms with Crippen LogP contribution in [0.15, 0.2) is 4.99 Å². The zero-order valence-electron chi connectivity index (χ0n) is 15.0. The first-order chi connectivity index (χ1) is 11.2. The van der Waals surface area contributed by atoms with Gasteiger partial charge in [-0.25, -0.2) is 4.98 Å². The molecule has 1 aromatic heterocycles. The fourth-order valence-corrected chi connectivity index (χ4v) is 4.67. The summed E-state index contributed by atoms with van der Waals surface area (Å²) in [5, 5.41) is 8.17.